The average Bonchev–Trinajstić information content (AvgIpc) is 2.76. The Kier molecular flexibility index (Phi) is 4.17. The van der Waals surface area contributed by atoms with E-state index in [1.54, 1.807) is 30.3 Å². The van der Waals surface area contributed by atoms with Crippen molar-refractivity contribution in [1.29, 1.82) is 0 Å². The van der Waals surface area contributed by atoms with Crippen LogP contribution in [0.15, 0.2) is 50.6 Å². The van der Waals surface area contributed by atoms with Crippen molar-refractivity contribution < 1.29 is 9.21 Å². The van der Waals surface area contributed by atoms with Gasteiger partial charge in [0.15, 0.2) is 10.4 Å². The van der Waals surface area contributed by atoms with Crippen LogP contribution in [0.2, 0.25) is 5.02 Å². The van der Waals surface area contributed by atoms with Crippen molar-refractivity contribution in [3.05, 3.63) is 57.4 Å². The summed E-state index contributed by atoms with van der Waals surface area (Å²) in [6.07, 6.45) is 1.50. The van der Waals surface area contributed by atoms with E-state index in [0.29, 0.717) is 9.69 Å². The van der Waals surface area contributed by atoms with Crippen molar-refractivity contribution in [2.45, 2.75) is 0 Å². The Hall–Kier alpha value is -1.59. The molecule has 0 aliphatic rings. The first kappa shape index (κ1) is 12.9. The van der Waals surface area contributed by atoms with Crippen LogP contribution in [0.1, 0.15) is 16.1 Å². The van der Waals surface area contributed by atoms with Gasteiger partial charge in [-0.2, -0.15) is 5.10 Å². The predicted octanol–water partition coefficient (Wildman–Crippen LogP) is 3.46. The Morgan fingerprint density at radius 2 is 2.22 bits per heavy atom. The molecule has 1 N–H and O–H groups in total. The molecule has 0 atom stereocenters. The molecule has 2 aromatic rings. The minimum Gasteiger partial charge on any atom is -0.444 e. The van der Waals surface area contributed by atoms with Crippen LogP contribution in [0.25, 0.3) is 0 Å². The maximum atomic E-state index is 11.5. The topological polar surface area (TPSA) is 54.6 Å². The molecule has 0 aliphatic heterocycles. The molecule has 1 heterocycles. The number of amides is 1. The normalized spacial score (nSPS) is 10.8. The first-order valence-electron chi connectivity index (χ1n) is 4.99. The highest BCUT2D eigenvalue weighted by Gasteiger charge is 2.08. The summed E-state index contributed by atoms with van der Waals surface area (Å²) in [7, 11) is 0. The highest BCUT2D eigenvalue weighted by atomic mass is 79.9. The van der Waals surface area contributed by atoms with Gasteiger partial charge in [-0.3, -0.25) is 4.79 Å². The summed E-state index contributed by atoms with van der Waals surface area (Å²) < 4.78 is 5.57. The van der Waals surface area contributed by atoms with Crippen molar-refractivity contribution >= 4 is 39.7 Å². The molecule has 0 saturated carbocycles. The van der Waals surface area contributed by atoms with Crippen LogP contribution in [0.4, 0.5) is 0 Å². The third kappa shape index (κ3) is 3.45. The van der Waals surface area contributed by atoms with E-state index in [4.69, 9.17) is 16.0 Å². The van der Waals surface area contributed by atoms with Gasteiger partial charge in [0.1, 0.15) is 0 Å². The van der Waals surface area contributed by atoms with Crippen LogP contribution < -0.4 is 5.43 Å². The predicted molar refractivity (Wildman–Crippen MR) is 72.9 cm³/mol. The number of furan rings is 1. The quantitative estimate of drug-likeness (QED) is 0.693. The molecule has 0 saturated heterocycles. The zero-order valence-corrected chi connectivity index (χ0v) is 11.4. The minimum atomic E-state index is -0.418. The molecule has 0 fully saturated rings. The van der Waals surface area contributed by atoms with Gasteiger partial charge in [0.05, 0.1) is 6.21 Å². The van der Waals surface area contributed by atoms with Gasteiger partial charge in [0.2, 0.25) is 0 Å². The van der Waals surface area contributed by atoms with Crippen LogP contribution in [0.3, 0.4) is 0 Å². The highest BCUT2D eigenvalue weighted by Crippen LogP contribution is 2.13. The Morgan fingerprint density at radius 3 is 2.89 bits per heavy atom. The van der Waals surface area contributed by atoms with E-state index >= 15 is 0 Å². The Balaban J connectivity index is 1.97. The monoisotopic (exact) mass is 326 g/mol. The molecule has 2 rings (SSSR count). The fourth-order valence-corrected chi connectivity index (χ4v) is 1.75. The molecule has 6 heteroatoms. The second-order valence-electron chi connectivity index (χ2n) is 3.36. The molecule has 0 spiro atoms. The van der Waals surface area contributed by atoms with E-state index in [1.807, 2.05) is 6.07 Å². The van der Waals surface area contributed by atoms with Crippen LogP contribution in [0, 0.1) is 0 Å². The molecule has 4 nitrogen and oxygen atoms in total. The number of hydrazone groups is 1. The van der Waals surface area contributed by atoms with Gasteiger partial charge in [-0.05, 0) is 45.8 Å². The van der Waals surface area contributed by atoms with Gasteiger partial charge >= 0.3 is 5.91 Å². The van der Waals surface area contributed by atoms with E-state index in [9.17, 15) is 4.79 Å². The first-order chi connectivity index (χ1) is 8.65. The van der Waals surface area contributed by atoms with Gasteiger partial charge in [0, 0.05) is 5.02 Å². The molecule has 1 amide bonds. The molecule has 0 aliphatic carbocycles. The van der Waals surface area contributed by atoms with Gasteiger partial charge in [-0.15, -0.1) is 0 Å². The van der Waals surface area contributed by atoms with E-state index < -0.39 is 5.91 Å². The second kappa shape index (κ2) is 5.84. The van der Waals surface area contributed by atoms with Gasteiger partial charge in [-0.25, -0.2) is 5.43 Å². The molecular weight excluding hydrogens is 320 g/mol. The van der Waals surface area contributed by atoms with Crippen LogP contribution >= 0.6 is 27.5 Å². The van der Waals surface area contributed by atoms with E-state index in [2.05, 4.69) is 26.5 Å². The minimum absolute atomic E-state index is 0.185. The summed E-state index contributed by atoms with van der Waals surface area (Å²) in [6.45, 7) is 0. The molecule has 0 radical (unpaired) electrons. The standard InChI is InChI=1S/C12H8BrClN2O2/c13-11-5-4-10(18-11)12(17)16-15-7-8-2-1-3-9(14)6-8/h1-7H,(H,16,17)/b15-7+. The van der Waals surface area contributed by atoms with Crippen molar-refractivity contribution in [3.8, 4) is 0 Å². The van der Waals surface area contributed by atoms with Crippen molar-refractivity contribution in [2.75, 3.05) is 0 Å². The van der Waals surface area contributed by atoms with E-state index in [1.165, 1.54) is 6.21 Å². The fourth-order valence-electron chi connectivity index (χ4n) is 1.24. The van der Waals surface area contributed by atoms with Gasteiger partial charge in [-0.1, -0.05) is 23.7 Å². The lowest BCUT2D eigenvalue weighted by Gasteiger charge is -1.96. The van der Waals surface area contributed by atoms with Crippen molar-refractivity contribution in [1.82, 2.24) is 5.43 Å². The summed E-state index contributed by atoms with van der Waals surface area (Å²) in [4.78, 5) is 11.5. The highest BCUT2D eigenvalue weighted by molar-refractivity contribution is 9.10. The largest absolute Gasteiger partial charge is 0.444 e. The fraction of sp³-hybridized carbons (Fsp3) is 0. The number of hydrogen-bond donors (Lipinski definition) is 1. The number of carbonyl (C=O) groups is 1. The molecular formula is C12H8BrClN2O2. The maximum absolute atomic E-state index is 11.5. The Morgan fingerprint density at radius 1 is 1.39 bits per heavy atom. The zero-order valence-electron chi connectivity index (χ0n) is 9.06. The zero-order chi connectivity index (χ0) is 13.0. The summed E-state index contributed by atoms with van der Waals surface area (Å²) in [5.41, 5.74) is 3.15. The van der Waals surface area contributed by atoms with Crippen molar-refractivity contribution in [2.24, 2.45) is 5.10 Å². The lowest BCUT2D eigenvalue weighted by atomic mass is 10.2. The average molecular weight is 328 g/mol. The summed E-state index contributed by atoms with van der Waals surface area (Å²) in [6, 6.07) is 10.3. The number of rotatable bonds is 3. The van der Waals surface area contributed by atoms with Crippen LogP contribution in [-0.2, 0) is 0 Å². The van der Waals surface area contributed by atoms with Gasteiger partial charge < -0.3 is 4.42 Å². The van der Waals surface area contributed by atoms with E-state index in [-0.39, 0.29) is 5.76 Å². The lowest BCUT2D eigenvalue weighted by Crippen LogP contribution is -2.16. The maximum Gasteiger partial charge on any atom is 0.307 e. The third-order valence-corrected chi connectivity index (χ3v) is 2.69. The van der Waals surface area contributed by atoms with Crippen molar-refractivity contribution in [3.63, 3.8) is 0 Å². The van der Waals surface area contributed by atoms with Crippen LogP contribution in [0.5, 0.6) is 0 Å². The van der Waals surface area contributed by atoms with Gasteiger partial charge in [0.25, 0.3) is 0 Å². The summed E-state index contributed by atoms with van der Waals surface area (Å²) >= 11 is 8.93. The molecule has 92 valence electrons. The second-order valence-corrected chi connectivity index (χ2v) is 4.58. The number of carbonyl (C=O) groups excluding carboxylic acids is 1. The molecule has 18 heavy (non-hydrogen) atoms. The molecule has 0 bridgehead atoms. The Bertz CT molecular complexity index is 595. The number of hydrogen-bond acceptors (Lipinski definition) is 3. The SMILES string of the molecule is O=C(N/N=C/c1cccc(Cl)c1)c1ccc(Br)o1. The van der Waals surface area contributed by atoms with Crippen LogP contribution in [-0.4, -0.2) is 12.1 Å². The smallest absolute Gasteiger partial charge is 0.307 e. The third-order valence-electron chi connectivity index (χ3n) is 2.03. The lowest BCUT2D eigenvalue weighted by molar-refractivity contribution is 0.0926. The summed E-state index contributed by atoms with van der Waals surface area (Å²) in [5.74, 6) is -0.232. The van der Waals surface area contributed by atoms with E-state index in [0.717, 1.165) is 5.56 Å². The molecule has 1 aromatic heterocycles. The Labute approximate surface area is 117 Å². The molecule has 0 unspecified atom stereocenters. The summed E-state index contributed by atoms with van der Waals surface area (Å²) in [5, 5.41) is 4.42. The molecule has 1 aromatic carbocycles. The number of nitrogens with zero attached hydrogens (tertiary/aromatic N) is 1. The number of halogens is 2. The number of nitrogens with one attached hydrogen (secondary N) is 1. The first-order valence-corrected chi connectivity index (χ1v) is 6.16. The number of benzene rings is 1.